The summed E-state index contributed by atoms with van der Waals surface area (Å²) < 4.78 is 38.9. The first-order valence-corrected chi connectivity index (χ1v) is 6.44. The van der Waals surface area contributed by atoms with Gasteiger partial charge in [-0.25, -0.2) is 0 Å². The summed E-state index contributed by atoms with van der Waals surface area (Å²) in [7, 11) is 0. The number of benzene rings is 1. The first-order valence-electron chi connectivity index (χ1n) is 6.44. The van der Waals surface area contributed by atoms with E-state index in [1.807, 2.05) is 6.07 Å². The smallest absolute Gasteiger partial charge is 0.362 e. The number of hydrogen-bond acceptors (Lipinski definition) is 3. The van der Waals surface area contributed by atoms with Gasteiger partial charge in [0, 0.05) is 18.6 Å². The minimum atomic E-state index is -4.95. The number of alkyl halides is 3. The summed E-state index contributed by atoms with van der Waals surface area (Å²) in [5, 5.41) is 13.5. The first-order chi connectivity index (χ1) is 9.74. The van der Waals surface area contributed by atoms with Crippen molar-refractivity contribution in [2.75, 3.05) is 0 Å². The quantitative estimate of drug-likeness (QED) is 0.932. The fourth-order valence-electron chi connectivity index (χ4n) is 2.20. The number of hydrazone groups is 1. The third-order valence-electron chi connectivity index (χ3n) is 3.28. The Morgan fingerprint density at radius 2 is 2.00 bits per heavy atom. The van der Waals surface area contributed by atoms with E-state index in [1.54, 1.807) is 24.3 Å². The number of hydrogen-bond donors (Lipinski definition) is 1. The minimum Gasteiger partial charge on any atom is -0.362 e. The van der Waals surface area contributed by atoms with Crippen LogP contribution in [0.3, 0.4) is 0 Å². The Kier molecular flexibility index (Phi) is 4.04. The maximum Gasteiger partial charge on any atom is 0.438 e. The SMILES string of the molecule is CC1=NN(C(=O)CCc2ccccc2)[C@@](O)(C(F)(F)F)C1. The highest BCUT2D eigenvalue weighted by atomic mass is 19.4. The number of aryl methyl sites for hydroxylation is 1. The lowest BCUT2D eigenvalue weighted by atomic mass is 10.1. The van der Waals surface area contributed by atoms with Crippen LogP contribution in [0.2, 0.25) is 0 Å². The van der Waals surface area contributed by atoms with E-state index in [0.29, 0.717) is 6.42 Å². The van der Waals surface area contributed by atoms with Crippen LogP contribution in [0.5, 0.6) is 0 Å². The van der Waals surface area contributed by atoms with Gasteiger partial charge in [0.2, 0.25) is 5.91 Å². The maximum absolute atomic E-state index is 13.0. The fourth-order valence-corrected chi connectivity index (χ4v) is 2.20. The Morgan fingerprint density at radius 1 is 1.38 bits per heavy atom. The van der Waals surface area contributed by atoms with Crippen molar-refractivity contribution in [1.82, 2.24) is 5.01 Å². The van der Waals surface area contributed by atoms with Crippen molar-refractivity contribution in [3.8, 4) is 0 Å². The summed E-state index contributed by atoms with van der Waals surface area (Å²) in [5.74, 6) is -0.851. The molecule has 0 aromatic heterocycles. The monoisotopic (exact) mass is 300 g/mol. The molecule has 1 atom stereocenters. The topological polar surface area (TPSA) is 52.9 Å². The Balaban J connectivity index is 2.10. The second kappa shape index (κ2) is 5.48. The van der Waals surface area contributed by atoms with Crippen molar-refractivity contribution in [3.63, 3.8) is 0 Å². The van der Waals surface area contributed by atoms with Crippen LogP contribution < -0.4 is 0 Å². The first kappa shape index (κ1) is 15.5. The average Bonchev–Trinajstić information content (AvgIpc) is 2.73. The summed E-state index contributed by atoms with van der Waals surface area (Å²) >= 11 is 0. The number of halogens is 3. The van der Waals surface area contributed by atoms with Crippen LogP contribution in [0, 0.1) is 0 Å². The molecule has 1 amide bonds. The number of nitrogens with zero attached hydrogens (tertiary/aromatic N) is 2. The second-order valence-electron chi connectivity index (χ2n) is 5.02. The van der Waals surface area contributed by atoms with Gasteiger partial charge in [0.25, 0.3) is 5.72 Å². The molecule has 0 spiro atoms. The number of carbonyl (C=O) groups excluding carboxylic acids is 1. The van der Waals surface area contributed by atoms with Crippen molar-refractivity contribution in [1.29, 1.82) is 0 Å². The van der Waals surface area contributed by atoms with E-state index in [0.717, 1.165) is 5.56 Å². The van der Waals surface area contributed by atoms with Gasteiger partial charge in [-0.15, -0.1) is 0 Å². The van der Waals surface area contributed by atoms with Gasteiger partial charge in [0.1, 0.15) is 0 Å². The summed E-state index contributed by atoms with van der Waals surface area (Å²) in [6.07, 6.45) is -5.53. The molecule has 21 heavy (non-hydrogen) atoms. The third-order valence-corrected chi connectivity index (χ3v) is 3.28. The van der Waals surface area contributed by atoms with Crippen LogP contribution in [0.25, 0.3) is 0 Å². The highest BCUT2D eigenvalue weighted by Gasteiger charge is 2.62. The Labute approximate surface area is 119 Å². The second-order valence-corrected chi connectivity index (χ2v) is 5.02. The zero-order valence-electron chi connectivity index (χ0n) is 11.4. The molecule has 0 bridgehead atoms. The predicted octanol–water partition coefficient (Wildman–Crippen LogP) is 2.48. The van der Waals surface area contributed by atoms with Gasteiger partial charge in [0.15, 0.2) is 0 Å². The molecule has 1 N–H and O–H groups in total. The number of aliphatic hydroxyl groups is 1. The molecule has 0 saturated heterocycles. The standard InChI is InChI=1S/C14H15F3N2O2/c1-10-9-13(21,14(15,16)17)19(18-10)12(20)8-7-11-5-3-2-4-6-11/h2-6,21H,7-9H2,1H3/t13-/m0/s1. The van der Waals surface area contributed by atoms with Crippen molar-refractivity contribution < 1.29 is 23.1 Å². The zero-order valence-corrected chi connectivity index (χ0v) is 11.4. The minimum absolute atomic E-state index is 0.0721. The van der Waals surface area contributed by atoms with Crippen molar-refractivity contribution in [3.05, 3.63) is 35.9 Å². The molecule has 0 fully saturated rings. The molecular formula is C14H15F3N2O2. The summed E-state index contributed by atoms with van der Waals surface area (Å²) in [4.78, 5) is 12.0. The molecule has 1 aliphatic rings. The van der Waals surface area contributed by atoms with E-state index in [2.05, 4.69) is 5.10 Å². The predicted molar refractivity (Wildman–Crippen MR) is 70.3 cm³/mol. The van der Waals surface area contributed by atoms with E-state index >= 15 is 0 Å². The van der Waals surface area contributed by atoms with E-state index in [1.165, 1.54) is 6.92 Å². The van der Waals surface area contributed by atoms with Crippen molar-refractivity contribution in [2.45, 2.75) is 38.1 Å². The molecule has 114 valence electrons. The molecule has 0 aliphatic carbocycles. The van der Waals surface area contributed by atoms with E-state index in [-0.39, 0.29) is 17.1 Å². The van der Waals surface area contributed by atoms with Gasteiger partial charge in [-0.2, -0.15) is 23.3 Å². The molecule has 4 nitrogen and oxygen atoms in total. The van der Waals surface area contributed by atoms with E-state index in [9.17, 15) is 23.1 Å². The number of rotatable bonds is 3. The van der Waals surface area contributed by atoms with Gasteiger partial charge in [-0.05, 0) is 18.9 Å². The maximum atomic E-state index is 13.0. The van der Waals surface area contributed by atoms with Gasteiger partial charge in [-0.1, -0.05) is 30.3 Å². The van der Waals surface area contributed by atoms with Gasteiger partial charge in [0.05, 0.1) is 0 Å². The molecule has 0 unspecified atom stereocenters. The lowest BCUT2D eigenvalue weighted by Gasteiger charge is -2.32. The van der Waals surface area contributed by atoms with Crippen LogP contribution in [0.1, 0.15) is 25.3 Å². The molecule has 7 heteroatoms. The number of carbonyl (C=O) groups is 1. The lowest BCUT2D eigenvalue weighted by molar-refractivity contribution is -0.302. The van der Waals surface area contributed by atoms with Crippen molar-refractivity contribution in [2.24, 2.45) is 5.10 Å². The van der Waals surface area contributed by atoms with Crippen LogP contribution >= 0.6 is 0 Å². The van der Waals surface area contributed by atoms with Gasteiger partial charge < -0.3 is 5.11 Å². The average molecular weight is 300 g/mol. The summed E-state index contributed by atoms with van der Waals surface area (Å²) in [6.45, 7) is 1.35. The van der Waals surface area contributed by atoms with Gasteiger partial charge >= 0.3 is 6.18 Å². The molecule has 1 aliphatic heterocycles. The molecular weight excluding hydrogens is 285 g/mol. The Morgan fingerprint density at radius 3 is 2.57 bits per heavy atom. The molecule has 2 rings (SSSR count). The van der Waals surface area contributed by atoms with Crippen LogP contribution in [-0.2, 0) is 11.2 Å². The molecule has 1 aromatic carbocycles. The van der Waals surface area contributed by atoms with E-state index in [4.69, 9.17) is 0 Å². The highest BCUT2D eigenvalue weighted by Crippen LogP contribution is 2.40. The zero-order chi connectivity index (χ0) is 15.7. The normalized spacial score (nSPS) is 22.3. The Hall–Kier alpha value is -1.89. The largest absolute Gasteiger partial charge is 0.438 e. The van der Waals surface area contributed by atoms with Crippen LogP contribution in [-0.4, -0.2) is 33.6 Å². The Bertz CT molecular complexity index is 557. The molecule has 1 heterocycles. The highest BCUT2D eigenvalue weighted by molar-refractivity contribution is 5.89. The molecule has 0 radical (unpaired) electrons. The third kappa shape index (κ3) is 3.07. The summed E-state index contributed by atoms with van der Waals surface area (Å²) in [6, 6.07) is 8.93. The molecule has 0 saturated carbocycles. The number of amides is 1. The molecule has 1 aromatic rings. The lowest BCUT2D eigenvalue weighted by Crippen LogP contribution is -2.56. The van der Waals surface area contributed by atoms with Gasteiger partial charge in [-0.3, -0.25) is 4.79 Å². The fraction of sp³-hybridized carbons (Fsp3) is 0.429. The summed E-state index contributed by atoms with van der Waals surface area (Å²) in [5.41, 5.74) is -2.32. The van der Waals surface area contributed by atoms with Crippen molar-refractivity contribution >= 4 is 11.6 Å². The van der Waals surface area contributed by atoms with Crippen LogP contribution in [0.15, 0.2) is 35.4 Å². The van der Waals surface area contributed by atoms with Crippen LogP contribution in [0.4, 0.5) is 13.2 Å². The van der Waals surface area contributed by atoms with E-state index < -0.39 is 24.2 Å².